The summed E-state index contributed by atoms with van der Waals surface area (Å²) in [7, 11) is -2.55. The molecule has 2 heterocycles. The van der Waals surface area contributed by atoms with E-state index in [9.17, 15) is 13.2 Å². The van der Waals surface area contributed by atoms with Crippen molar-refractivity contribution in [3.8, 4) is 0 Å². The maximum absolute atomic E-state index is 13.4. The van der Waals surface area contributed by atoms with Gasteiger partial charge in [0.1, 0.15) is 4.90 Å². The van der Waals surface area contributed by atoms with Crippen molar-refractivity contribution in [3.63, 3.8) is 0 Å². The van der Waals surface area contributed by atoms with Crippen LogP contribution >= 0.6 is 34.8 Å². The molecule has 0 spiro atoms. The third-order valence-electron chi connectivity index (χ3n) is 7.78. The van der Waals surface area contributed by atoms with Crippen LogP contribution in [-0.4, -0.2) is 76.5 Å². The van der Waals surface area contributed by atoms with Crippen LogP contribution in [0.15, 0.2) is 71.6 Å². The van der Waals surface area contributed by atoms with Gasteiger partial charge in [0.05, 0.1) is 10.7 Å². The van der Waals surface area contributed by atoms with Crippen LogP contribution in [0.5, 0.6) is 0 Å². The minimum absolute atomic E-state index is 0.0637. The highest BCUT2D eigenvalue weighted by Gasteiger charge is 2.31. The lowest BCUT2D eigenvalue weighted by atomic mass is 10.0. The summed E-state index contributed by atoms with van der Waals surface area (Å²) >= 11 is 18.3. The molecule has 2 aliphatic heterocycles. The molecule has 7 nitrogen and oxygen atoms in total. The molecule has 5 rings (SSSR count). The zero-order chi connectivity index (χ0) is 28.4. The molecule has 0 atom stereocenters. The number of carbonyl (C=O) groups excluding carboxylic acids is 1. The van der Waals surface area contributed by atoms with Crippen LogP contribution in [0.1, 0.15) is 23.2 Å². The Morgan fingerprint density at radius 1 is 0.800 bits per heavy atom. The van der Waals surface area contributed by atoms with E-state index in [0.29, 0.717) is 35.4 Å². The average molecular weight is 622 g/mol. The van der Waals surface area contributed by atoms with Crippen LogP contribution in [0.2, 0.25) is 15.1 Å². The summed E-state index contributed by atoms with van der Waals surface area (Å²) in [5.74, 6) is -0.187. The number of sulfonamides is 1. The lowest BCUT2D eigenvalue weighted by molar-refractivity contribution is 0.0611. The summed E-state index contributed by atoms with van der Waals surface area (Å²) in [5, 5.41) is 1.31. The molecule has 2 aliphatic rings. The van der Waals surface area contributed by atoms with Crippen LogP contribution in [0.3, 0.4) is 0 Å². The molecule has 2 fully saturated rings. The molecule has 40 heavy (non-hydrogen) atoms. The fourth-order valence-electron chi connectivity index (χ4n) is 5.39. The minimum atomic E-state index is -4.00. The number of nitrogens with zero attached hydrogens (tertiary/aromatic N) is 4. The first kappa shape index (κ1) is 29.0. The quantitative estimate of drug-likeness (QED) is 0.343. The van der Waals surface area contributed by atoms with Crippen molar-refractivity contribution >= 4 is 62.1 Å². The summed E-state index contributed by atoms with van der Waals surface area (Å²) in [6.07, 6.45) is 1.76. The van der Waals surface area contributed by atoms with Gasteiger partial charge < -0.3 is 9.80 Å². The van der Waals surface area contributed by atoms with Crippen LogP contribution < -0.4 is 9.21 Å². The summed E-state index contributed by atoms with van der Waals surface area (Å²) in [6, 6.07) is 19.3. The van der Waals surface area contributed by atoms with Crippen LogP contribution in [0.25, 0.3) is 0 Å². The first-order chi connectivity index (χ1) is 19.1. The molecule has 0 aliphatic carbocycles. The normalized spacial score (nSPS) is 17.2. The van der Waals surface area contributed by atoms with Crippen molar-refractivity contribution in [3.05, 3.63) is 87.4 Å². The average Bonchev–Trinajstić information content (AvgIpc) is 2.97. The topological polar surface area (TPSA) is 64.2 Å². The monoisotopic (exact) mass is 620 g/mol. The molecular formula is C29H31Cl3N4O3S. The Morgan fingerprint density at radius 2 is 1.38 bits per heavy atom. The van der Waals surface area contributed by atoms with E-state index in [2.05, 4.69) is 21.9 Å². The van der Waals surface area contributed by atoms with Gasteiger partial charge in [0, 0.05) is 73.7 Å². The number of piperidine rings is 1. The number of piperazine rings is 1. The Labute approximate surface area is 250 Å². The second-order valence-electron chi connectivity index (χ2n) is 10.1. The summed E-state index contributed by atoms with van der Waals surface area (Å²) < 4.78 is 27.9. The predicted molar refractivity (Wildman–Crippen MR) is 163 cm³/mol. The van der Waals surface area contributed by atoms with Gasteiger partial charge in [0.25, 0.3) is 15.9 Å². The Balaban J connectivity index is 1.20. The summed E-state index contributed by atoms with van der Waals surface area (Å²) in [6.45, 7) is 5.09. The SMILES string of the molecule is CN(c1ccc(Cl)cc1)S(=O)(=O)c1cc(C(=O)N2CCC(N3CCN(c4ccc(Cl)cc4)CC3)CC2)ccc1Cl. The molecule has 11 heteroatoms. The van der Waals surface area contributed by atoms with Crippen molar-refractivity contribution in [2.45, 2.75) is 23.8 Å². The van der Waals surface area contributed by atoms with E-state index in [1.54, 1.807) is 30.3 Å². The second-order valence-corrected chi connectivity index (χ2v) is 13.3. The van der Waals surface area contributed by atoms with Gasteiger partial charge in [-0.3, -0.25) is 14.0 Å². The van der Waals surface area contributed by atoms with E-state index in [1.807, 2.05) is 17.0 Å². The van der Waals surface area contributed by atoms with E-state index in [4.69, 9.17) is 34.8 Å². The Hall–Kier alpha value is -2.49. The van der Waals surface area contributed by atoms with Crippen molar-refractivity contribution < 1.29 is 13.2 Å². The number of likely N-dealkylation sites (tertiary alicyclic amines) is 1. The van der Waals surface area contributed by atoms with Gasteiger partial charge in [-0.2, -0.15) is 0 Å². The van der Waals surface area contributed by atoms with Crippen LogP contribution in [0, 0.1) is 0 Å². The molecular weight excluding hydrogens is 591 g/mol. The molecule has 3 aromatic rings. The molecule has 3 aromatic carbocycles. The van der Waals surface area contributed by atoms with Gasteiger partial charge in [-0.25, -0.2) is 8.42 Å². The van der Waals surface area contributed by atoms with Crippen molar-refractivity contribution in [1.29, 1.82) is 0 Å². The van der Waals surface area contributed by atoms with Crippen molar-refractivity contribution in [2.24, 2.45) is 0 Å². The van der Waals surface area contributed by atoms with Gasteiger partial charge in [-0.15, -0.1) is 0 Å². The number of rotatable bonds is 6. The Bertz CT molecular complexity index is 1450. The number of hydrogen-bond donors (Lipinski definition) is 0. The third-order valence-corrected chi connectivity index (χ3v) is 10.6. The smallest absolute Gasteiger partial charge is 0.265 e. The lowest BCUT2D eigenvalue weighted by Crippen LogP contribution is -2.53. The molecule has 2 saturated heterocycles. The predicted octanol–water partition coefficient (Wildman–Crippen LogP) is 5.90. The van der Waals surface area contributed by atoms with Crippen LogP contribution in [0.4, 0.5) is 11.4 Å². The third kappa shape index (κ3) is 6.21. The van der Waals surface area contributed by atoms with Crippen LogP contribution in [-0.2, 0) is 10.0 Å². The molecule has 0 saturated carbocycles. The van der Waals surface area contributed by atoms with Crippen molar-refractivity contribution in [1.82, 2.24) is 9.80 Å². The second kappa shape index (κ2) is 12.2. The first-order valence-electron chi connectivity index (χ1n) is 13.2. The molecule has 0 bridgehead atoms. The fraction of sp³-hybridized carbons (Fsp3) is 0.345. The number of carbonyl (C=O) groups is 1. The molecule has 1 amide bonds. The Morgan fingerprint density at radius 3 is 1.98 bits per heavy atom. The highest BCUT2D eigenvalue weighted by Crippen LogP contribution is 2.30. The fourth-order valence-corrected chi connectivity index (χ4v) is 7.33. The molecule has 0 aromatic heterocycles. The number of anilines is 2. The van der Waals surface area contributed by atoms with Gasteiger partial charge in [0.2, 0.25) is 0 Å². The molecule has 0 unspecified atom stereocenters. The number of hydrogen-bond acceptors (Lipinski definition) is 5. The van der Waals surface area contributed by atoms with E-state index in [-0.39, 0.29) is 15.8 Å². The lowest BCUT2D eigenvalue weighted by Gasteiger charge is -2.43. The van der Waals surface area contributed by atoms with Gasteiger partial charge in [-0.1, -0.05) is 34.8 Å². The number of benzene rings is 3. The zero-order valence-electron chi connectivity index (χ0n) is 22.1. The maximum atomic E-state index is 13.4. The zero-order valence-corrected chi connectivity index (χ0v) is 25.2. The molecule has 0 N–H and O–H groups in total. The van der Waals surface area contributed by atoms with E-state index in [1.165, 1.54) is 24.9 Å². The number of halogens is 3. The number of amides is 1. The largest absolute Gasteiger partial charge is 0.369 e. The van der Waals surface area contributed by atoms with Gasteiger partial charge in [0.15, 0.2) is 0 Å². The molecule has 0 radical (unpaired) electrons. The van der Waals surface area contributed by atoms with E-state index < -0.39 is 10.0 Å². The Kier molecular flexibility index (Phi) is 8.83. The maximum Gasteiger partial charge on any atom is 0.265 e. The van der Waals surface area contributed by atoms with E-state index >= 15 is 0 Å². The van der Waals surface area contributed by atoms with Crippen molar-refractivity contribution in [2.75, 3.05) is 55.5 Å². The highest BCUT2D eigenvalue weighted by atomic mass is 35.5. The first-order valence-corrected chi connectivity index (χ1v) is 15.8. The molecule has 212 valence electrons. The standard InChI is InChI=1S/C29H31Cl3N4O3S/c1-33(24-7-3-22(30)4-8-24)40(38,39)28-20-21(2-11-27(28)32)29(37)36-14-12-26(13-15-36)35-18-16-34(17-19-35)25-9-5-23(31)6-10-25/h2-11,20,26H,12-19H2,1H3. The minimum Gasteiger partial charge on any atom is -0.369 e. The van der Waals surface area contributed by atoms with E-state index in [0.717, 1.165) is 48.3 Å². The van der Waals surface area contributed by atoms with Gasteiger partial charge >= 0.3 is 0 Å². The summed E-state index contributed by atoms with van der Waals surface area (Å²) in [5.41, 5.74) is 1.93. The summed E-state index contributed by atoms with van der Waals surface area (Å²) in [4.78, 5) is 20.0. The van der Waals surface area contributed by atoms with Gasteiger partial charge in [-0.05, 0) is 79.6 Å². The highest BCUT2D eigenvalue weighted by molar-refractivity contribution is 7.93.